The van der Waals surface area contributed by atoms with Crippen molar-refractivity contribution in [2.24, 2.45) is 22.7 Å². The van der Waals surface area contributed by atoms with Crippen LogP contribution in [0.1, 0.15) is 53.8 Å². The lowest BCUT2D eigenvalue weighted by molar-refractivity contribution is -0.151. The summed E-state index contributed by atoms with van der Waals surface area (Å²) in [7, 11) is 0. The van der Waals surface area contributed by atoms with Crippen LogP contribution in [0.15, 0.2) is 60.7 Å². The van der Waals surface area contributed by atoms with E-state index in [1.165, 1.54) is 0 Å². The van der Waals surface area contributed by atoms with Crippen LogP contribution >= 0.6 is 0 Å². The van der Waals surface area contributed by atoms with Crippen molar-refractivity contribution in [2.75, 3.05) is 0 Å². The fourth-order valence-corrected chi connectivity index (χ4v) is 5.18. The first-order chi connectivity index (χ1) is 12.9. The van der Waals surface area contributed by atoms with Crippen LogP contribution in [0.2, 0.25) is 0 Å². The van der Waals surface area contributed by atoms with Gasteiger partial charge in [0.15, 0.2) is 11.6 Å². The van der Waals surface area contributed by atoms with Gasteiger partial charge in [0.05, 0.1) is 0 Å². The molecule has 0 saturated heterocycles. The van der Waals surface area contributed by atoms with Crippen LogP contribution in [0.25, 0.3) is 0 Å². The molecule has 138 valence electrons. The summed E-state index contributed by atoms with van der Waals surface area (Å²) in [6.07, 6.45) is 1.85. The van der Waals surface area contributed by atoms with Gasteiger partial charge in [0, 0.05) is 34.8 Å². The lowest BCUT2D eigenvalue weighted by atomic mass is 9.43. The van der Waals surface area contributed by atoms with Crippen molar-refractivity contribution in [3.05, 3.63) is 71.8 Å². The fraction of sp³-hybridized carbons (Fsp3) is 0.375. The fourth-order valence-electron chi connectivity index (χ4n) is 5.18. The molecule has 3 saturated carbocycles. The van der Waals surface area contributed by atoms with Gasteiger partial charge in [-0.15, -0.1) is 0 Å². The Hall–Kier alpha value is -2.55. The van der Waals surface area contributed by atoms with E-state index in [2.05, 4.69) is 0 Å². The number of carbonyl (C=O) groups excluding carboxylic acids is 3. The number of carbonyl (C=O) groups is 3. The van der Waals surface area contributed by atoms with Gasteiger partial charge in [-0.05, 0) is 18.3 Å². The molecule has 2 aromatic carbocycles. The van der Waals surface area contributed by atoms with Gasteiger partial charge in [-0.1, -0.05) is 74.5 Å². The van der Waals surface area contributed by atoms with Gasteiger partial charge in [0.1, 0.15) is 5.78 Å². The Labute approximate surface area is 159 Å². The third kappa shape index (κ3) is 2.68. The third-order valence-corrected chi connectivity index (χ3v) is 6.87. The molecule has 3 aliphatic rings. The highest BCUT2D eigenvalue weighted by Gasteiger charge is 2.64. The Morgan fingerprint density at radius 3 is 1.74 bits per heavy atom. The van der Waals surface area contributed by atoms with Gasteiger partial charge in [-0.3, -0.25) is 14.4 Å². The van der Waals surface area contributed by atoms with Crippen molar-refractivity contribution in [3.8, 4) is 0 Å². The maximum atomic E-state index is 13.5. The Balaban J connectivity index is 1.84. The van der Waals surface area contributed by atoms with Crippen LogP contribution in [0.4, 0.5) is 0 Å². The van der Waals surface area contributed by atoms with E-state index < -0.39 is 22.7 Å². The van der Waals surface area contributed by atoms with E-state index in [-0.39, 0.29) is 17.3 Å². The highest BCUT2D eigenvalue weighted by molar-refractivity contribution is 6.09. The van der Waals surface area contributed by atoms with E-state index in [1.807, 2.05) is 62.4 Å². The zero-order chi connectivity index (χ0) is 19.2. The topological polar surface area (TPSA) is 51.2 Å². The van der Waals surface area contributed by atoms with E-state index in [9.17, 15) is 14.4 Å². The molecule has 4 atom stereocenters. The Bertz CT molecular complexity index is 902. The summed E-state index contributed by atoms with van der Waals surface area (Å²) in [5, 5.41) is 0. The number of hydrogen-bond acceptors (Lipinski definition) is 3. The van der Waals surface area contributed by atoms with Crippen molar-refractivity contribution in [1.82, 2.24) is 0 Å². The summed E-state index contributed by atoms with van der Waals surface area (Å²) in [5.74, 6) is -1.03. The van der Waals surface area contributed by atoms with Gasteiger partial charge in [-0.25, -0.2) is 0 Å². The summed E-state index contributed by atoms with van der Waals surface area (Å²) in [5.41, 5.74) is -0.0202. The molecular formula is C24H24O3. The van der Waals surface area contributed by atoms with Crippen LogP contribution < -0.4 is 0 Å². The lowest BCUT2D eigenvalue weighted by Crippen LogP contribution is -2.61. The molecule has 2 aromatic rings. The largest absolute Gasteiger partial charge is 0.299 e. The van der Waals surface area contributed by atoms with Gasteiger partial charge >= 0.3 is 0 Å². The molecular weight excluding hydrogens is 336 g/mol. The minimum Gasteiger partial charge on any atom is -0.299 e. The highest BCUT2D eigenvalue weighted by Crippen LogP contribution is 2.62. The Kier molecular flexibility index (Phi) is 4.14. The van der Waals surface area contributed by atoms with Crippen molar-refractivity contribution < 1.29 is 14.4 Å². The molecule has 0 amide bonds. The van der Waals surface area contributed by atoms with Gasteiger partial charge in [0.2, 0.25) is 0 Å². The molecule has 3 heteroatoms. The summed E-state index contributed by atoms with van der Waals surface area (Å²) >= 11 is 0. The predicted octanol–water partition coefficient (Wildman–Crippen LogP) is 4.76. The molecule has 0 radical (unpaired) electrons. The average molecular weight is 360 g/mol. The van der Waals surface area contributed by atoms with Crippen molar-refractivity contribution in [1.29, 1.82) is 0 Å². The zero-order valence-corrected chi connectivity index (χ0v) is 15.8. The van der Waals surface area contributed by atoms with Gasteiger partial charge < -0.3 is 0 Å². The standard InChI is InChI=1S/C24H24O3/c1-23-13-14-24(2,18(25)15-23)20(22(27)17-11-7-4-8-12-17)19(23)21(26)16-9-5-3-6-10-16/h3-12,19-20H,13-15H2,1-2H3/t19-,20-,23+,24+/m1/s1. The second-order valence-corrected chi connectivity index (χ2v) is 8.59. The molecule has 3 fully saturated rings. The quantitative estimate of drug-likeness (QED) is 0.739. The minimum atomic E-state index is -0.764. The van der Waals surface area contributed by atoms with Crippen LogP contribution in [-0.4, -0.2) is 17.3 Å². The van der Waals surface area contributed by atoms with E-state index in [0.29, 0.717) is 24.0 Å². The SMILES string of the molecule is C[C@]12CC[C@@](C)(C(=O)C1)[C@@H](C(=O)c1ccccc1)[C@@H]2C(=O)c1ccccc1. The summed E-state index contributed by atoms with van der Waals surface area (Å²) in [4.78, 5) is 40.0. The van der Waals surface area contributed by atoms with Gasteiger partial charge in [0.25, 0.3) is 0 Å². The summed E-state index contributed by atoms with van der Waals surface area (Å²) in [6, 6.07) is 18.3. The molecule has 0 aliphatic heterocycles. The Morgan fingerprint density at radius 2 is 1.26 bits per heavy atom. The minimum absolute atomic E-state index is 0.00851. The molecule has 3 nitrogen and oxygen atoms in total. The molecule has 0 spiro atoms. The normalized spacial score (nSPS) is 32.3. The third-order valence-electron chi connectivity index (χ3n) is 6.87. The van der Waals surface area contributed by atoms with Crippen LogP contribution in [-0.2, 0) is 4.79 Å². The monoisotopic (exact) mass is 360 g/mol. The van der Waals surface area contributed by atoms with E-state index >= 15 is 0 Å². The second-order valence-electron chi connectivity index (χ2n) is 8.59. The van der Waals surface area contributed by atoms with Crippen molar-refractivity contribution in [3.63, 3.8) is 0 Å². The molecule has 3 aliphatic carbocycles. The van der Waals surface area contributed by atoms with E-state index in [4.69, 9.17) is 0 Å². The van der Waals surface area contributed by atoms with Crippen molar-refractivity contribution in [2.45, 2.75) is 33.1 Å². The predicted molar refractivity (Wildman–Crippen MR) is 104 cm³/mol. The molecule has 27 heavy (non-hydrogen) atoms. The van der Waals surface area contributed by atoms with Crippen LogP contribution in [0.5, 0.6) is 0 Å². The molecule has 0 aromatic heterocycles. The summed E-state index contributed by atoms with van der Waals surface area (Å²) < 4.78 is 0. The zero-order valence-electron chi connectivity index (χ0n) is 15.8. The molecule has 5 rings (SSSR count). The van der Waals surface area contributed by atoms with Crippen LogP contribution in [0.3, 0.4) is 0 Å². The smallest absolute Gasteiger partial charge is 0.167 e. The molecule has 2 bridgehead atoms. The number of Topliss-reactive ketones (excluding diaryl/α,β-unsaturated/α-hetero) is 3. The first-order valence-electron chi connectivity index (χ1n) is 9.59. The van der Waals surface area contributed by atoms with Crippen molar-refractivity contribution >= 4 is 17.3 Å². The number of ketones is 3. The highest BCUT2D eigenvalue weighted by atomic mass is 16.1. The van der Waals surface area contributed by atoms with E-state index in [1.54, 1.807) is 12.1 Å². The number of rotatable bonds is 4. The van der Waals surface area contributed by atoms with Gasteiger partial charge in [-0.2, -0.15) is 0 Å². The molecule has 0 unspecified atom stereocenters. The maximum Gasteiger partial charge on any atom is 0.167 e. The molecule has 0 N–H and O–H groups in total. The number of fused-ring (bicyclic) bond motifs is 3. The van der Waals surface area contributed by atoms with Crippen LogP contribution in [0, 0.1) is 22.7 Å². The first kappa shape index (κ1) is 17.8. The number of benzene rings is 2. The maximum absolute atomic E-state index is 13.5. The molecule has 0 heterocycles. The lowest BCUT2D eigenvalue weighted by Gasteiger charge is -2.57. The second kappa shape index (κ2) is 6.26. The average Bonchev–Trinajstić information content (AvgIpc) is 2.69. The van der Waals surface area contributed by atoms with E-state index in [0.717, 1.165) is 6.42 Å². The Morgan fingerprint density at radius 1 is 0.778 bits per heavy atom. The summed E-state index contributed by atoms with van der Waals surface area (Å²) in [6.45, 7) is 3.91. The number of hydrogen-bond donors (Lipinski definition) is 0. The first-order valence-corrected chi connectivity index (χ1v) is 9.59.